The largest absolute Gasteiger partial charge is 0.393 e. The Morgan fingerprint density at radius 3 is 1.50 bits per heavy atom. The van der Waals surface area contributed by atoms with Gasteiger partial charge in [0.25, 0.3) is 0 Å². The Labute approximate surface area is 60.3 Å². The Morgan fingerprint density at radius 2 is 1.10 bits per heavy atom. The van der Waals surface area contributed by atoms with Crippen LogP contribution < -0.4 is 0 Å². The van der Waals surface area contributed by atoms with Gasteiger partial charge < -0.3 is 15.3 Å². The molecule has 0 saturated heterocycles. The summed E-state index contributed by atoms with van der Waals surface area (Å²) in [5, 5.41) is 27.3. The van der Waals surface area contributed by atoms with Crippen molar-refractivity contribution in [1.82, 2.24) is 0 Å². The van der Waals surface area contributed by atoms with Crippen LogP contribution in [-0.4, -0.2) is 33.6 Å². The molecule has 2 atom stereocenters. The SMILES string of the molecule is OC1CCC(O)C(O)CC1. The second-order valence-corrected chi connectivity index (χ2v) is 2.94. The summed E-state index contributed by atoms with van der Waals surface area (Å²) in [6.07, 6.45) is 0.669. The number of hydrogen-bond donors (Lipinski definition) is 3. The van der Waals surface area contributed by atoms with Crippen LogP contribution in [0.25, 0.3) is 0 Å². The molecule has 3 N–H and O–H groups in total. The van der Waals surface area contributed by atoms with E-state index in [9.17, 15) is 0 Å². The van der Waals surface area contributed by atoms with Gasteiger partial charge in [-0.2, -0.15) is 0 Å². The van der Waals surface area contributed by atoms with E-state index in [-0.39, 0.29) is 6.10 Å². The highest BCUT2D eigenvalue weighted by atomic mass is 16.3. The quantitative estimate of drug-likeness (QED) is 0.409. The number of hydrogen-bond acceptors (Lipinski definition) is 3. The van der Waals surface area contributed by atoms with Crippen LogP contribution in [-0.2, 0) is 0 Å². The third-order valence-corrected chi connectivity index (χ3v) is 2.04. The molecule has 0 radical (unpaired) electrons. The van der Waals surface area contributed by atoms with Crippen LogP contribution in [0.1, 0.15) is 25.7 Å². The zero-order chi connectivity index (χ0) is 7.56. The first kappa shape index (κ1) is 7.98. The average Bonchev–Trinajstić information content (AvgIpc) is 2.04. The molecule has 0 amide bonds. The lowest BCUT2D eigenvalue weighted by atomic mass is 10.1. The molecule has 0 aromatic heterocycles. The maximum Gasteiger partial charge on any atom is 0.0800 e. The van der Waals surface area contributed by atoms with Crippen molar-refractivity contribution < 1.29 is 15.3 Å². The number of rotatable bonds is 0. The summed E-state index contributed by atoms with van der Waals surface area (Å²) >= 11 is 0. The van der Waals surface area contributed by atoms with E-state index in [4.69, 9.17) is 15.3 Å². The summed E-state index contributed by atoms with van der Waals surface area (Å²) in [5.74, 6) is 0. The Morgan fingerprint density at radius 1 is 0.700 bits per heavy atom. The lowest BCUT2D eigenvalue weighted by Crippen LogP contribution is -2.23. The minimum atomic E-state index is -0.628. The van der Waals surface area contributed by atoms with Crippen molar-refractivity contribution >= 4 is 0 Å². The first-order valence-electron chi connectivity index (χ1n) is 3.74. The van der Waals surface area contributed by atoms with Crippen LogP contribution in [0.2, 0.25) is 0 Å². The van der Waals surface area contributed by atoms with Gasteiger partial charge in [-0.05, 0) is 25.7 Å². The molecule has 0 spiro atoms. The van der Waals surface area contributed by atoms with Crippen molar-refractivity contribution in [2.24, 2.45) is 0 Å². The first-order chi connectivity index (χ1) is 4.70. The molecular formula is C7H14O3. The molecule has 1 aliphatic rings. The topological polar surface area (TPSA) is 60.7 Å². The van der Waals surface area contributed by atoms with E-state index in [1.165, 1.54) is 0 Å². The first-order valence-corrected chi connectivity index (χ1v) is 3.74. The molecule has 3 heteroatoms. The highest BCUT2D eigenvalue weighted by molar-refractivity contribution is 4.75. The predicted molar refractivity (Wildman–Crippen MR) is 36.5 cm³/mol. The van der Waals surface area contributed by atoms with Crippen molar-refractivity contribution in [3.05, 3.63) is 0 Å². The van der Waals surface area contributed by atoms with Gasteiger partial charge in [0, 0.05) is 0 Å². The smallest absolute Gasteiger partial charge is 0.0800 e. The predicted octanol–water partition coefficient (Wildman–Crippen LogP) is -0.357. The fourth-order valence-corrected chi connectivity index (χ4v) is 1.26. The third kappa shape index (κ3) is 1.94. The van der Waals surface area contributed by atoms with Gasteiger partial charge in [-0.25, -0.2) is 0 Å². The van der Waals surface area contributed by atoms with E-state index >= 15 is 0 Å². The van der Waals surface area contributed by atoms with E-state index in [1.54, 1.807) is 0 Å². The lowest BCUT2D eigenvalue weighted by molar-refractivity contribution is 0.0157. The van der Waals surface area contributed by atoms with E-state index in [0.29, 0.717) is 25.7 Å². The number of aliphatic hydroxyl groups is 3. The Bertz CT molecular complexity index is 93.0. The highest BCUT2D eigenvalue weighted by Crippen LogP contribution is 2.18. The molecule has 0 aromatic rings. The molecular weight excluding hydrogens is 132 g/mol. The van der Waals surface area contributed by atoms with Crippen LogP contribution in [0.4, 0.5) is 0 Å². The Kier molecular flexibility index (Phi) is 2.65. The Balaban J connectivity index is 2.38. The van der Waals surface area contributed by atoms with Gasteiger partial charge in [0.2, 0.25) is 0 Å². The molecule has 10 heavy (non-hydrogen) atoms. The van der Waals surface area contributed by atoms with Gasteiger partial charge in [0.1, 0.15) is 0 Å². The van der Waals surface area contributed by atoms with E-state index < -0.39 is 12.2 Å². The zero-order valence-corrected chi connectivity index (χ0v) is 5.90. The molecule has 0 heterocycles. The molecule has 1 saturated carbocycles. The molecule has 1 aliphatic carbocycles. The normalized spacial score (nSPS) is 42.9. The molecule has 1 fully saturated rings. The van der Waals surface area contributed by atoms with Gasteiger partial charge in [0.05, 0.1) is 18.3 Å². The summed E-state index contributed by atoms with van der Waals surface area (Å²) in [6.45, 7) is 0. The summed E-state index contributed by atoms with van der Waals surface area (Å²) in [6, 6.07) is 0. The van der Waals surface area contributed by atoms with E-state index in [1.807, 2.05) is 0 Å². The van der Waals surface area contributed by atoms with Crippen LogP contribution in [0.3, 0.4) is 0 Å². The molecule has 0 bridgehead atoms. The van der Waals surface area contributed by atoms with Crippen LogP contribution in [0.15, 0.2) is 0 Å². The van der Waals surface area contributed by atoms with Crippen molar-refractivity contribution in [1.29, 1.82) is 0 Å². The average molecular weight is 146 g/mol. The van der Waals surface area contributed by atoms with Crippen LogP contribution >= 0.6 is 0 Å². The maximum absolute atomic E-state index is 9.11. The fourth-order valence-electron chi connectivity index (χ4n) is 1.26. The Hall–Kier alpha value is -0.120. The minimum Gasteiger partial charge on any atom is -0.393 e. The second-order valence-electron chi connectivity index (χ2n) is 2.94. The van der Waals surface area contributed by atoms with Crippen LogP contribution in [0.5, 0.6) is 0 Å². The monoisotopic (exact) mass is 146 g/mol. The van der Waals surface area contributed by atoms with Gasteiger partial charge in [-0.3, -0.25) is 0 Å². The summed E-state index contributed by atoms with van der Waals surface area (Å²) in [7, 11) is 0. The molecule has 0 aliphatic heterocycles. The van der Waals surface area contributed by atoms with Gasteiger partial charge in [-0.15, -0.1) is 0 Å². The fraction of sp³-hybridized carbons (Fsp3) is 1.00. The molecule has 60 valence electrons. The van der Waals surface area contributed by atoms with Crippen LogP contribution in [0, 0.1) is 0 Å². The lowest BCUT2D eigenvalue weighted by Gasteiger charge is -2.12. The highest BCUT2D eigenvalue weighted by Gasteiger charge is 2.22. The second kappa shape index (κ2) is 3.32. The third-order valence-electron chi connectivity index (χ3n) is 2.04. The minimum absolute atomic E-state index is 0.327. The standard InChI is InChI=1S/C7H14O3/c8-5-1-3-6(9)7(10)4-2-5/h5-10H,1-4H2. The summed E-state index contributed by atoms with van der Waals surface area (Å²) < 4.78 is 0. The molecule has 3 nitrogen and oxygen atoms in total. The summed E-state index contributed by atoms with van der Waals surface area (Å²) in [4.78, 5) is 0. The van der Waals surface area contributed by atoms with E-state index in [2.05, 4.69) is 0 Å². The van der Waals surface area contributed by atoms with Gasteiger partial charge in [-0.1, -0.05) is 0 Å². The van der Waals surface area contributed by atoms with Crippen molar-refractivity contribution in [3.63, 3.8) is 0 Å². The molecule has 2 unspecified atom stereocenters. The van der Waals surface area contributed by atoms with Crippen molar-refractivity contribution in [2.75, 3.05) is 0 Å². The molecule has 1 rings (SSSR count). The van der Waals surface area contributed by atoms with Crippen molar-refractivity contribution in [2.45, 2.75) is 44.0 Å². The summed E-state index contributed by atoms with van der Waals surface area (Å²) in [5.41, 5.74) is 0. The van der Waals surface area contributed by atoms with E-state index in [0.717, 1.165) is 0 Å². The van der Waals surface area contributed by atoms with Gasteiger partial charge >= 0.3 is 0 Å². The number of aliphatic hydroxyl groups excluding tert-OH is 3. The zero-order valence-electron chi connectivity index (χ0n) is 5.90. The van der Waals surface area contributed by atoms with Crippen molar-refractivity contribution in [3.8, 4) is 0 Å². The van der Waals surface area contributed by atoms with Gasteiger partial charge in [0.15, 0.2) is 0 Å². The molecule has 0 aromatic carbocycles. The maximum atomic E-state index is 9.11.